The lowest BCUT2D eigenvalue weighted by molar-refractivity contribution is 0.0328. The molecule has 0 amide bonds. The van der Waals surface area contributed by atoms with Crippen LogP contribution in [0.5, 0.6) is 0 Å². The first kappa shape index (κ1) is 10.8. The van der Waals surface area contributed by atoms with Crippen molar-refractivity contribution in [1.82, 2.24) is 0 Å². The van der Waals surface area contributed by atoms with Gasteiger partial charge in [0, 0.05) is 6.61 Å². The van der Waals surface area contributed by atoms with Crippen LogP contribution in [-0.4, -0.2) is 12.7 Å². The average molecular weight is 182 g/mol. The first-order chi connectivity index (χ1) is 6.08. The Kier molecular flexibility index (Phi) is 3.98. The molecule has 0 aromatic rings. The summed E-state index contributed by atoms with van der Waals surface area (Å²) in [6.07, 6.45) is 9.67. The third kappa shape index (κ3) is 5.09. The van der Waals surface area contributed by atoms with Crippen molar-refractivity contribution in [2.75, 3.05) is 6.61 Å². The molecule has 1 aliphatic rings. The lowest BCUT2D eigenvalue weighted by Crippen LogP contribution is -2.18. The molecule has 1 aliphatic carbocycles. The van der Waals surface area contributed by atoms with Crippen LogP contribution in [0.25, 0.3) is 0 Å². The molecule has 0 bridgehead atoms. The monoisotopic (exact) mass is 182 g/mol. The molecular weight excluding hydrogens is 160 g/mol. The van der Waals surface area contributed by atoms with E-state index in [1.54, 1.807) is 0 Å². The van der Waals surface area contributed by atoms with Crippen LogP contribution in [0.1, 0.15) is 46.5 Å². The number of allylic oxidation sites excluding steroid dienone is 1. The Bertz CT molecular complexity index is 164. The maximum atomic E-state index is 5.81. The predicted molar refractivity (Wildman–Crippen MR) is 56.8 cm³/mol. The van der Waals surface area contributed by atoms with Crippen molar-refractivity contribution >= 4 is 0 Å². The Morgan fingerprint density at radius 2 is 2.08 bits per heavy atom. The number of hydrogen-bond acceptors (Lipinski definition) is 1. The van der Waals surface area contributed by atoms with Crippen LogP contribution >= 0.6 is 0 Å². The lowest BCUT2D eigenvalue weighted by atomic mass is 9.93. The van der Waals surface area contributed by atoms with Crippen molar-refractivity contribution in [3.8, 4) is 0 Å². The highest BCUT2D eigenvalue weighted by molar-refractivity contribution is 4.90. The molecule has 0 heterocycles. The lowest BCUT2D eigenvalue weighted by Gasteiger charge is -2.22. The number of hydrogen-bond donors (Lipinski definition) is 0. The van der Waals surface area contributed by atoms with E-state index in [2.05, 4.69) is 32.9 Å². The summed E-state index contributed by atoms with van der Waals surface area (Å²) in [5, 5.41) is 0. The predicted octanol–water partition coefficient (Wildman–Crippen LogP) is 3.55. The van der Waals surface area contributed by atoms with Crippen molar-refractivity contribution < 1.29 is 4.74 Å². The van der Waals surface area contributed by atoms with Crippen LogP contribution in [0, 0.1) is 5.41 Å². The topological polar surface area (TPSA) is 9.23 Å². The molecule has 13 heavy (non-hydrogen) atoms. The van der Waals surface area contributed by atoms with Gasteiger partial charge in [-0.05, 0) is 31.1 Å². The van der Waals surface area contributed by atoms with E-state index in [-0.39, 0.29) is 0 Å². The summed E-state index contributed by atoms with van der Waals surface area (Å²) in [6, 6.07) is 0. The van der Waals surface area contributed by atoms with Gasteiger partial charge in [-0.3, -0.25) is 0 Å². The number of rotatable bonds is 3. The highest BCUT2D eigenvalue weighted by atomic mass is 16.5. The van der Waals surface area contributed by atoms with Crippen molar-refractivity contribution in [3.05, 3.63) is 12.2 Å². The van der Waals surface area contributed by atoms with Gasteiger partial charge in [0.1, 0.15) is 0 Å². The molecule has 0 spiro atoms. The maximum absolute atomic E-state index is 5.81. The van der Waals surface area contributed by atoms with Gasteiger partial charge < -0.3 is 4.74 Å². The van der Waals surface area contributed by atoms with Gasteiger partial charge in [-0.1, -0.05) is 32.9 Å². The first-order valence-electron chi connectivity index (χ1n) is 5.34. The van der Waals surface area contributed by atoms with E-state index in [0.717, 1.165) is 19.4 Å². The molecule has 1 atom stereocenters. The molecule has 0 saturated heterocycles. The first-order valence-corrected chi connectivity index (χ1v) is 5.34. The standard InChI is InChI=1S/C12H22O/c1-12(2,3)9-10-13-11-7-5-4-6-8-11/h4-5,11H,6-10H2,1-3H3. The quantitative estimate of drug-likeness (QED) is 0.606. The van der Waals surface area contributed by atoms with Gasteiger partial charge >= 0.3 is 0 Å². The summed E-state index contributed by atoms with van der Waals surface area (Å²) in [4.78, 5) is 0. The summed E-state index contributed by atoms with van der Waals surface area (Å²) in [5.41, 5.74) is 0.407. The third-order valence-corrected chi connectivity index (χ3v) is 2.43. The van der Waals surface area contributed by atoms with Gasteiger partial charge in [-0.25, -0.2) is 0 Å². The molecule has 1 heteroatoms. The van der Waals surface area contributed by atoms with E-state index in [1.165, 1.54) is 12.8 Å². The molecule has 0 aromatic carbocycles. The molecule has 0 fully saturated rings. The van der Waals surface area contributed by atoms with Crippen molar-refractivity contribution in [2.45, 2.75) is 52.6 Å². The molecule has 1 unspecified atom stereocenters. The maximum Gasteiger partial charge on any atom is 0.0612 e. The van der Waals surface area contributed by atoms with Gasteiger partial charge in [0.15, 0.2) is 0 Å². The number of ether oxygens (including phenoxy) is 1. The molecule has 0 aliphatic heterocycles. The van der Waals surface area contributed by atoms with Gasteiger partial charge in [-0.2, -0.15) is 0 Å². The van der Waals surface area contributed by atoms with Crippen LogP contribution < -0.4 is 0 Å². The zero-order valence-electron chi connectivity index (χ0n) is 9.18. The Labute approximate surface area is 82.2 Å². The SMILES string of the molecule is CC(C)(C)CCOC1CC=CCC1. The van der Waals surface area contributed by atoms with Gasteiger partial charge in [0.2, 0.25) is 0 Å². The normalized spacial score (nSPS) is 23.5. The second-order valence-electron chi connectivity index (χ2n) is 5.09. The largest absolute Gasteiger partial charge is 0.378 e. The van der Waals surface area contributed by atoms with Crippen molar-refractivity contribution in [1.29, 1.82) is 0 Å². The van der Waals surface area contributed by atoms with E-state index in [0.29, 0.717) is 11.5 Å². The smallest absolute Gasteiger partial charge is 0.0612 e. The van der Waals surface area contributed by atoms with Crippen molar-refractivity contribution in [2.24, 2.45) is 5.41 Å². The minimum atomic E-state index is 0.407. The molecule has 0 N–H and O–H groups in total. The van der Waals surface area contributed by atoms with E-state index in [9.17, 15) is 0 Å². The van der Waals surface area contributed by atoms with E-state index in [4.69, 9.17) is 4.74 Å². The summed E-state index contributed by atoms with van der Waals surface area (Å²) in [7, 11) is 0. The fourth-order valence-electron chi connectivity index (χ4n) is 1.45. The molecule has 0 saturated carbocycles. The Hall–Kier alpha value is -0.300. The highest BCUT2D eigenvalue weighted by Gasteiger charge is 2.13. The molecule has 76 valence electrons. The fraction of sp³-hybridized carbons (Fsp3) is 0.833. The van der Waals surface area contributed by atoms with Gasteiger partial charge in [-0.15, -0.1) is 0 Å². The Morgan fingerprint density at radius 1 is 1.31 bits per heavy atom. The Morgan fingerprint density at radius 3 is 2.62 bits per heavy atom. The molecule has 0 aromatic heterocycles. The summed E-state index contributed by atoms with van der Waals surface area (Å²) in [6.45, 7) is 7.70. The third-order valence-electron chi connectivity index (χ3n) is 2.43. The van der Waals surface area contributed by atoms with Crippen LogP contribution in [0.3, 0.4) is 0 Å². The highest BCUT2D eigenvalue weighted by Crippen LogP contribution is 2.20. The summed E-state index contributed by atoms with van der Waals surface area (Å²) < 4.78 is 5.81. The molecular formula is C12H22O. The fourth-order valence-corrected chi connectivity index (χ4v) is 1.45. The van der Waals surface area contributed by atoms with Crippen LogP contribution in [0.15, 0.2) is 12.2 Å². The average Bonchev–Trinajstić information content (AvgIpc) is 2.04. The minimum absolute atomic E-state index is 0.407. The Balaban J connectivity index is 2.09. The zero-order valence-corrected chi connectivity index (χ0v) is 9.18. The van der Waals surface area contributed by atoms with E-state index in [1.807, 2.05) is 0 Å². The molecule has 1 nitrogen and oxygen atoms in total. The molecule has 0 radical (unpaired) electrons. The summed E-state index contributed by atoms with van der Waals surface area (Å²) >= 11 is 0. The van der Waals surface area contributed by atoms with Crippen LogP contribution in [-0.2, 0) is 4.74 Å². The van der Waals surface area contributed by atoms with E-state index < -0.39 is 0 Å². The second-order valence-corrected chi connectivity index (χ2v) is 5.09. The second kappa shape index (κ2) is 4.80. The van der Waals surface area contributed by atoms with Crippen LogP contribution in [0.2, 0.25) is 0 Å². The van der Waals surface area contributed by atoms with Crippen molar-refractivity contribution in [3.63, 3.8) is 0 Å². The zero-order chi connectivity index (χ0) is 9.73. The summed E-state index contributed by atoms with van der Waals surface area (Å²) in [5.74, 6) is 0. The minimum Gasteiger partial charge on any atom is -0.378 e. The van der Waals surface area contributed by atoms with E-state index >= 15 is 0 Å². The van der Waals surface area contributed by atoms with Gasteiger partial charge in [0.25, 0.3) is 0 Å². The van der Waals surface area contributed by atoms with Crippen LogP contribution in [0.4, 0.5) is 0 Å². The van der Waals surface area contributed by atoms with Gasteiger partial charge in [0.05, 0.1) is 6.10 Å². The molecule has 1 rings (SSSR count).